The monoisotopic (exact) mass is 903 g/mol. The molecule has 0 aliphatic carbocycles. The molecule has 19 heteroatoms. The van der Waals surface area contributed by atoms with Crippen LogP contribution in [0.5, 0.6) is 34.5 Å². The summed E-state index contributed by atoms with van der Waals surface area (Å²) in [7, 11) is 3.98. The van der Waals surface area contributed by atoms with Crippen molar-refractivity contribution < 1.29 is 57.2 Å². The van der Waals surface area contributed by atoms with Crippen molar-refractivity contribution in [2.24, 2.45) is 0 Å². The molecule has 7 bridgehead atoms. The number of amides is 5. The van der Waals surface area contributed by atoms with Gasteiger partial charge in [0.15, 0.2) is 11.5 Å². The van der Waals surface area contributed by atoms with Gasteiger partial charge in [0.1, 0.15) is 54.1 Å². The van der Waals surface area contributed by atoms with Crippen LogP contribution in [0, 0.1) is 0 Å². The molecule has 0 spiro atoms. The maximum Gasteiger partial charge on any atom is 0.408 e. The number of rotatable bonds is 7. The number of hydrogen-bond acceptors (Lipinski definition) is 12. The normalized spacial score (nSPS) is 20.1. The van der Waals surface area contributed by atoms with Crippen LogP contribution < -0.4 is 45.5 Å². The average molecular weight is 905 g/mol. The van der Waals surface area contributed by atoms with E-state index in [1.807, 2.05) is 0 Å². The van der Waals surface area contributed by atoms with E-state index < -0.39 is 65.9 Å². The SMILES string of the molecule is C=CCOC(=O)N[C@@H]1Cc2ccc(c(Cl)c2)Oc2cc3cc(c2OC)Oc2ccc(cc2Cl)C[C@@H](C(=O)OC)NC(=O)[C@@H](c2ccc(OC)cc2)NC(=O)[C@@H]3NC(=O)[C@H](C)NC1=O. The van der Waals surface area contributed by atoms with Gasteiger partial charge in [-0.3, -0.25) is 19.2 Å². The third-order valence-corrected chi connectivity index (χ3v) is 10.5. The van der Waals surface area contributed by atoms with Gasteiger partial charge in [0.25, 0.3) is 0 Å². The van der Waals surface area contributed by atoms with E-state index in [4.69, 9.17) is 51.6 Å². The molecule has 17 nitrogen and oxygen atoms in total. The molecule has 5 N–H and O–H groups in total. The highest BCUT2D eigenvalue weighted by Crippen LogP contribution is 2.46. The summed E-state index contributed by atoms with van der Waals surface area (Å²) < 4.78 is 33.9. The number of ether oxygens (including phenoxy) is 6. The molecule has 4 aliphatic rings. The first-order valence-electron chi connectivity index (χ1n) is 19.3. The Balaban J connectivity index is 1.55. The summed E-state index contributed by atoms with van der Waals surface area (Å²) in [4.78, 5) is 82.8. The average Bonchev–Trinajstić information content (AvgIpc) is 3.26. The van der Waals surface area contributed by atoms with Crippen molar-refractivity contribution in [2.75, 3.05) is 27.9 Å². The molecule has 4 heterocycles. The molecule has 0 aromatic heterocycles. The molecule has 63 heavy (non-hydrogen) atoms. The van der Waals surface area contributed by atoms with Crippen molar-refractivity contribution in [3.05, 3.63) is 118 Å². The third kappa shape index (κ3) is 10.9. The first-order chi connectivity index (χ1) is 30.2. The molecule has 0 saturated carbocycles. The standard InChI is InChI=1S/C44H43Cl2N5O12/c1-6-15-61-44(57)49-30-18-23-7-13-32(28(45)16-23)62-34-20-26-21-35(38(34)59-4)63-33-14-8-24(17-29(33)46)19-31(43(56)60-5)48-41(54)36(25-9-11-27(58-3)12-10-25)51-42(55)37(26)50-39(52)22(2)47-40(30)53/h6-14,16-17,20-22,30-31,36-37H,1,15,18-19H2,2-5H3,(H,47,53)(H,48,54)(H,49,57)(H,50,52)(H,51,55)/t22-,30+,31-,36+,37+/m0/s1. The van der Waals surface area contributed by atoms with Gasteiger partial charge in [0, 0.05) is 12.8 Å². The minimum Gasteiger partial charge on any atom is -0.497 e. The largest absolute Gasteiger partial charge is 0.497 e. The summed E-state index contributed by atoms with van der Waals surface area (Å²) in [5.41, 5.74) is 1.33. The highest BCUT2D eigenvalue weighted by atomic mass is 35.5. The number of halogens is 2. The van der Waals surface area contributed by atoms with Crippen LogP contribution in [0.25, 0.3) is 0 Å². The second-order valence-corrected chi connectivity index (χ2v) is 15.1. The molecule has 4 aromatic carbocycles. The van der Waals surface area contributed by atoms with Gasteiger partial charge in [-0.15, -0.1) is 0 Å². The maximum atomic E-state index is 14.8. The molecule has 5 amide bonds. The van der Waals surface area contributed by atoms with E-state index in [9.17, 15) is 28.8 Å². The van der Waals surface area contributed by atoms with Crippen LogP contribution in [-0.2, 0) is 46.3 Å². The minimum atomic E-state index is -1.67. The number of methoxy groups -OCH3 is 3. The predicted octanol–water partition coefficient (Wildman–Crippen LogP) is 5.17. The Morgan fingerprint density at radius 1 is 0.714 bits per heavy atom. The summed E-state index contributed by atoms with van der Waals surface area (Å²) in [6.07, 6.45) is 0.247. The van der Waals surface area contributed by atoms with Crippen molar-refractivity contribution >= 4 is 58.9 Å². The van der Waals surface area contributed by atoms with Crippen LogP contribution in [-0.4, -0.2) is 81.8 Å². The van der Waals surface area contributed by atoms with E-state index in [2.05, 4.69) is 33.2 Å². The maximum absolute atomic E-state index is 14.8. The van der Waals surface area contributed by atoms with E-state index in [0.29, 0.717) is 16.9 Å². The summed E-state index contributed by atoms with van der Waals surface area (Å²) in [6.45, 7) is 4.75. The van der Waals surface area contributed by atoms with Gasteiger partial charge in [0.05, 0.1) is 31.4 Å². The zero-order chi connectivity index (χ0) is 45.4. The predicted molar refractivity (Wildman–Crippen MR) is 228 cm³/mol. The lowest BCUT2D eigenvalue weighted by molar-refractivity contribution is -0.145. The van der Waals surface area contributed by atoms with Crippen molar-refractivity contribution in [1.82, 2.24) is 26.6 Å². The lowest BCUT2D eigenvalue weighted by atomic mass is 10.00. The highest BCUT2D eigenvalue weighted by molar-refractivity contribution is 6.32. The second-order valence-electron chi connectivity index (χ2n) is 14.2. The zero-order valence-electron chi connectivity index (χ0n) is 34.4. The fraction of sp³-hybridized carbons (Fsp3) is 0.273. The summed E-state index contributed by atoms with van der Waals surface area (Å²) >= 11 is 13.5. The Bertz CT molecular complexity index is 2430. The van der Waals surface area contributed by atoms with Crippen molar-refractivity contribution in [2.45, 2.75) is 50.0 Å². The Hall–Kier alpha value is -6.98. The lowest BCUT2D eigenvalue weighted by Crippen LogP contribution is -2.55. The van der Waals surface area contributed by atoms with E-state index in [0.717, 1.165) is 0 Å². The summed E-state index contributed by atoms with van der Waals surface area (Å²) in [5.74, 6) is -3.52. The molecule has 330 valence electrons. The van der Waals surface area contributed by atoms with Crippen LogP contribution in [0.4, 0.5) is 4.79 Å². The number of alkyl carbamates (subject to hydrolysis) is 1. The van der Waals surface area contributed by atoms with Crippen molar-refractivity contribution in [3.63, 3.8) is 0 Å². The molecule has 4 aliphatic heterocycles. The number of carbonyl (C=O) groups is 6. The number of esters is 1. The van der Waals surface area contributed by atoms with Crippen LogP contribution in [0.15, 0.2) is 85.5 Å². The van der Waals surface area contributed by atoms with Gasteiger partial charge in [0.2, 0.25) is 29.4 Å². The summed E-state index contributed by atoms with van der Waals surface area (Å²) in [6, 6.07) is 11.4. The highest BCUT2D eigenvalue weighted by Gasteiger charge is 2.35. The Kier molecular flexibility index (Phi) is 14.6. The van der Waals surface area contributed by atoms with Crippen LogP contribution in [0.2, 0.25) is 10.0 Å². The fourth-order valence-electron chi connectivity index (χ4n) is 6.72. The molecule has 8 rings (SSSR count). The Morgan fingerprint density at radius 2 is 1.29 bits per heavy atom. The van der Waals surface area contributed by atoms with Gasteiger partial charge in [-0.25, -0.2) is 9.59 Å². The number of nitrogens with one attached hydrogen (secondary N) is 5. The van der Waals surface area contributed by atoms with E-state index in [-0.39, 0.29) is 69.4 Å². The topological polar surface area (TPSA) is 218 Å². The molecule has 0 fully saturated rings. The first-order valence-corrected chi connectivity index (χ1v) is 20.1. The van der Waals surface area contributed by atoms with Gasteiger partial charge in [-0.1, -0.05) is 60.1 Å². The lowest BCUT2D eigenvalue weighted by Gasteiger charge is -2.28. The molecule has 4 aromatic rings. The summed E-state index contributed by atoms with van der Waals surface area (Å²) in [5, 5.41) is 13.4. The van der Waals surface area contributed by atoms with E-state index in [1.165, 1.54) is 64.7 Å². The molecule has 0 radical (unpaired) electrons. The molecule has 0 unspecified atom stereocenters. The Morgan fingerprint density at radius 3 is 1.84 bits per heavy atom. The van der Waals surface area contributed by atoms with Gasteiger partial charge in [-0.05, 0) is 77.7 Å². The number of fused-ring (bicyclic) bond motifs is 16. The number of hydrogen-bond donors (Lipinski definition) is 5. The number of benzene rings is 4. The number of carbonyl (C=O) groups excluding carboxylic acids is 6. The third-order valence-electron chi connectivity index (χ3n) is 9.93. The fourth-order valence-corrected chi connectivity index (χ4v) is 7.20. The second kappa shape index (κ2) is 20.3. The zero-order valence-corrected chi connectivity index (χ0v) is 35.9. The smallest absolute Gasteiger partial charge is 0.408 e. The molecular weight excluding hydrogens is 861 g/mol. The molecule has 0 saturated heterocycles. The Labute approximate surface area is 371 Å². The van der Waals surface area contributed by atoms with E-state index >= 15 is 0 Å². The van der Waals surface area contributed by atoms with E-state index in [1.54, 1.807) is 42.5 Å². The van der Waals surface area contributed by atoms with Crippen LogP contribution in [0.3, 0.4) is 0 Å². The quantitative estimate of drug-likeness (QED) is 0.120. The van der Waals surface area contributed by atoms with Gasteiger partial charge in [-0.2, -0.15) is 0 Å². The molecule has 5 atom stereocenters. The van der Waals surface area contributed by atoms with Crippen LogP contribution in [0.1, 0.15) is 41.3 Å². The van der Waals surface area contributed by atoms with Gasteiger partial charge >= 0.3 is 12.1 Å². The van der Waals surface area contributed by atoms with Crippen LogP contribution >= 0.6 is 23.2 Å². The van der Waals surface area contributed by atoms with Crippen molar-refractivity contribution in [1.29, 1.82) is 0 Å². The minimum absolute atomic E-state index is 0.0240. The first kappa shape index (κ1) is 45.5. The molecular formula is C44H43Cl2N5O12. The van der Waals surface area contributed by atoms with Gasteiger partial charge < -0.3 is 55.0 Å². The van der Waals surface area contributed by atoms with Crippen molar-refractivity contribution in [3.8, 4) is 34.5 Å².